The predicted molar refractivity (Wildman–Crippen MR) is 83.3 cm³/mol. The third-order valence-corrected chi connectivity index (χ3v) is 3.38. The molecule has 0 unspecified atom stereocenters. The minimum atomic E-state index is -0.0205. The van der Waals surface area contributed by atoms with Crippen molar-refractivity contribution in [2.75, 3.05) is 37.6 Å². The standard InChI is InChI=1S/C14H26N6/c1-4-19(5-2)10-7-11-20(6-3)14-17-9-8-12(18-14)13(15)16/h8-9H,4-7,10-11H2,1-3H3,(H3,15,16). The molecule has 0 spiro atoms. The summed E-state index contributed by atoms with van der Waals surface area (Å²) >= 11 is 0. The van der Waals surface area contributed by atoms with Crippen molar-refractivity contribution in [1.29, 1.82) is 5.41 Å². The highest BCUT2D eigenvalue weighted by molar-refractivity contribution is 5.93. The highest BCUT2D eigenvalue weighted by atomic mass is 15.2. The third kappa shape index (κ3) is 4.77. The van der Waals surface area contributed by atoms with Crippen molar-refractivity contribution in [2.24, 2.45) is 5.73 Å². The molecule has 0 aliphatic heterocycles. The number of nitrogens with zero attached hydrogens (tertiary/aromatic N) is 4. The Bertz CT molecular complexity index is 416. The molecule has 0 amide bonds. The van der Waals surface area contributed by atoms with Gasteiger partial charge in [0.1, 0.15) is 11.5 Å². The molecule has 0 saturated heterocycles. The number of nitrogens with one attached hydrogen (secondary N) is 1. The van der Waals surface area contributed by atoms with Gasteiger partial charge in [-0.2, -0.15) is 0 Å². The lowest BCUT2D eigenvalue weighted by Gasteiger charge is -2.23. The maximum absolute atomic E-state index is 7.44. The molecule has 6 nitrogen and oxygen atoms in total. The molecular formula is C14H26N6. The van der Waals surface area contributed by atoms with E-state index in [2.05, 4.69) is 40.5 Å². The van der Waals surface area contributed by atoms with E-state index in [4.69, 9.17) is 11.1 Å². The van der Waals surface area contributed by atoms with Gasteiger partial charge < -0.3 is 15.5 Å². The first kappa shape index (κ1) is 16.4. The van der Waals surface area contributed by atoms with E-state index in [9.17, 15) is 0 Å². The molecule has 0 radical (unpaired) electrons. The highest BCUT2D eigenvalue weighted by Gasteiger charge is 2.09. The first-order valence-corrected chi connectivity index (χ1v) is 7.27. The summed E-state index contributed by atoms with van der Waals surface area (Å²) in [5.74, 6) is 0.632. The zero-order valence-corrected chi connectivity index (χ0v) is 12.8. The third-order valence-electron chi connectivity index (χ3n) is 3.38. The van der Waals surface area contributed by atoms with Crippen molar-refractivity contribution in [3.63, 3.8) is 0 Å². The van der Waals surface area contributed by atoms with E-state index >= 15 is 0 Å². The minimum Gasteiger partial charge on any atom is -0.382 e. The summed E-state index contributed by atoms with van der Waals surface area (Å²) in [6.45, 7) is 11.4. The summed E-state index contributed by atoms with van der Waals surface area (Å²) in [4.78, 5) is 13.1. The Morgan fingerprint density at radius 2 is 1.90 bits per heavy atom. The summed E-state index contributed by atoms with van der Waals surface area (Å²) in [5, 5.41) is 7.44. The van der Waals surface area contributed by atoms with Gasteiger partial charge in [0.05, 0.1) is 0 Å². The SMILES string of the molecule is CCN(CC)CCCN(CC)c1nccc(C(=N)N)n1. The lowest BCUT2D eigenvalue weighted by atomic mass is 10.3. The molecule has 0 saturated carbocycles. The Labute approximate surface area is 121 Å². The van der Waals surface area contributed by atoms with Gasteiger partial charge in [0, 0.05) is 19.3 Å². The molecule has 1 aromatic rings. The van der Waals surface area contributed by atoms with Crippen LogP contribution in [0.1, 0.15) is 32.9 Å². The average molecular weight is 278 g/mol. The van der Waals surface area contributed by atoms with Crippen LogP contribution in [-0.4, -0.2) is 53.4 Å². The van der Waals surface area contributed by atoms with Crippen LogP contribution < -0.4 is 10.6 Å². The molecule has 0 bridgehead atoms. The predicted octanol–water partition coefficient (Wildman–Crippen LogP) is 1.32. The summed E-state index contributed by atoms with van der Waals surface area (Å²) < 4.78 is 0. The number of nitrogen functional groups attached to an aromatic ring is 1. The van der Waals surface area contributed by atoms with Gasteiger partial charge in [0.25, 0.3) is 0 Å². The summed E-state index contributed by atoms with van der Waals surface area (Å²) in [6.07, 6.45) is 2.73. The van der Waals surface area contributed by atoms with Crippen molar-refractivity contribution in [2.45, 2.75) is 27.2 Å². The van der Waals surface area contributed by atoms with Gasteiger partial charge in [-0.3, -0.25) is 5.41 Å². The Kier molecular flexibility index (Phi) is 6.93. The lowest BCUT2D eigenvalue weighted by molar-refractivity contribution is 0.300. The smallest absolute Gasteiger partial charge is 0.225 e. The van der Waals surface area contributed by atoms with Crippen molar-refractivity contribution in [1.82, 2.24) is 14.9 Å². The Hall–Kier alpha value is -1.69. The number of rotatable bonds is 9. The number of hydrogen-bond donors (Lipinski definition) is 2. The van der Waals surface area contributed by atoms with Gasteiger partial charge in [-0.15, -0.1) is 0 Å². The monoisotopic (exact) mass is 278 g/mol. The Balaban J connectivity index is 2.62. The van der Waals surface area contributed by atoms with E-state index < -0.39 is 0 Å². The molecule has 112 valence electrons. The Morgan fingerprint density at radius 1 is 1.20 bits per heavy atom. The molecular weight excluding hydrogens is 252 g/mol. The van der Waals surface area contributed by atoms with Gasteiger partial charge in [-0.1, -0.05) is 13.8 Å². The van der Waals surface area contributed by atoms with E-state index in [0.29, 0.717) is 11.6 Å². The summed E-state index contributed by atoms with van der Waals surface area (Å²) in [7, 11) is 0. The largest absolute Gasteiger partial charge is 0.382 e. The van der Waals surface area contributed by atoms with Crippen LogP contribution in [0.3, 0.4) is 0 Å². The van der Waals surface area contributed by atoms with Crippen LogP contribution in [-0.2, 0) is 0 Å². The van der Waals surface area contributed by atoms with E-state index in [1.54, 1.807) is 12.3 Å². The van der Waals surface area contributed by atoms with Crippen LogP contribution in [0.5, 0.6) is 0 Å². The molecule has 0 aliphatic rings. The zero-order valence-electron chi connectivity index (χ0n) is 12.8. The van der Waals surface area contributed by atoms with Crippen molar-refractivity contribution in [3.8, 4) is 0 Å². The molecule has 6 heteroatoms. The van der Waals surface area contributed by atoms with Crippen molar-refractivity contribution in [3.05, 3.63) is 18.0 Å². The topological polar surface area (TPSA) is 82.1 Å². The molecule has 0 aliphatic carbocycles. The fourth-order valence-electron chi connectivity index (χ4n) is 2.08. The van der Waals surface area contributed by atoms with Crippen LogP contribution in [0, 0.1) is 5.41 Å². The first-order valence-electron chi connectivity index (χ1n) is 7.27. The molecule has 20 heavy (non-hydrogen) atoms. The summed E-state index contributed by atoms with van der Waals surface area (Å²) in [5.41, 5.74) is 5.95. The number of anilines is 1. The molecule has 1 heterocycles. The minimum absolute atomic E-state index is 0.0205. The quantitative estimate of drug-likeness (QED) is 0.526. The van der Waals surface area contributed by atoms with E-state index in [-0.39, 0.29) is 5.84 Å². The molecule has 0 aromatic carbocycles. The van der Waals surface area contributed by atoms with Gasteiger partial charge in [0.15, 0.2) is 0 Å². The second-order valence-electron chi connectivity index (χ2n) is 4.62. The fraction of sp³-hybridized carbons (Fsp3) is 0.643. The van der Waals surface area contributed by atoms with Crippen LogP contribution in [0.25, 0.3) is 0 Å². The second kappa shape index (κ2) is 8.47. The lowest BCUT2D eigenvalue weighted by Crippen LogP contribution is -2.31. The normalized spacial score (nSPS) is 10.8. The molecule has 0 atom stereocenters. The van der Waals surface area contributed by atoms with Gasteiger partial charge >= 0.3 is 0 Å². The number of aromatic nitrogens is 2. The number of nitrogens with two attached hydrogens (primary N) is 1. The van der Waals surface area contributed by atoms with Crippen LogP contribution in [0.4, 0.5) is 5.95 Å². The van der Waals surface area contributed by atoms with Gasteiger partial charge in [0.2, 0.25) is 5.95 Å². The molecule has 1 aromatic heterocycles. The average Bonchev–Trinajstić information content (AvgIpc) is 2.48. The van der Waals surface area contributed by atoms with Crippen molar-refractivity contribution < 1.29 is 0 Å². The van der Waals surface area contributed by atoms with Gasteiger partial charge in [-0.25, -0.2) is 9.97 Å². The number of amidine groups is 1. The van der Waals surface area contributed by atoms with Crippen LogP contribution in [0.15, 0.2) is 12.3 Å². The van der Waals surface area contributed by atoms with Crippen LogP contribution >= 0.6 is 0 Å². The van der Waals surface area contributed by atoms with Crippen molar-refractivity contribution >= 4 is 11.8 Å². The molecule has 1 rings (SSSR count). The van der Waals surface area contributed by atoms with E-state index in [1.165, 1.54) is 0 Å². The van der Waals surface area contributed by atoms with E-state index in [0.717, 1.165) is 39.1 Å². The Morgan fingerprint density at radius 3 is 2.45 bits per heavy atom. The maximum Gasteiger partial charge on any atom is 0.225 e. The first-order chi connectivity index (χ1) is 9.62. The molecule has 0 fully saturated rings. The maximum atomic E-state index is 7.44. The van der Waals surface area contributed by atoms with E-state index in [1.807, 2.05) is 0 Å². The second-order valence-corrected chi connectivity index (χ2v) is 4.62. The highest BCUT2D eigenvalue weighted by Crippen LogP contribution is 2.08. The molecule has 3 N–H and O–H groups in total. The van der Waals surface area contributed by atoms with Gasteiger partial charge in [-0.05, 0) is 39.0 Å². The zero-order chi connectivity index (χ0) is 15.0. The summed E-state index contributed by atoms with van der Waals surface area (Å²) in [6, 6.07) is 1.66. The number of hydrogen-bond acceptors (Lipinski definition) is 5. The fourth-order valence-corrected chi connectivity index (χ4v) is 2.08. The van der Waals surface area contributed by atoms with Crippen LogP contribution in [0.2, 0.25) is 0 Å².